The molecule has 2 N–H and O–H groups in total. The van der Waals surface area contributed by atoms with Crippen LogP contribution in [0, 0.1) is 0 Å². The molecule has 8 heteroatoms. The minimum Gasteiger partial charge on any atom is -0.369 e. The maximum atomic E-state index is 11.7. The van der Waals surface area contributed by atoms with Crippen LogP contribution in [0.3, 0.4) is 0 Å². The van der Waals surface area contributed by atoms with Gasteiger partial charge >= 0.3 is 13.8 Å². The Morgan fingerprint density at radius 2 is 1.91 bits per heavy atom. The van der Waals surface area contributed by atoms with Gasteiger partial charge in [-0.05, 0) is 37.5 Å². The van der Waals surface area contributed by atoms with E-state index in [1.54, 1.807) is 12.1 Å². The Labute approximate surface area is 130 Å². The molecule has 22 heavy (non-hydrogen) atoms. The molecular weight excluding hydrogens is 309 g/mol. The van der Waals surface area contributed by atoms with Crippen LogP contribution in [0.2, 0.25) is 0 Å². The Morgan fingerprint density at radius 1 is 1.32 bits per heavy atom. The van der Waals surface area contributed by atoms with E-state index in [1.165, 1.54) is 24.7 Å². The van der Waals surface area contributed by atoms with E-state index in [2.05, 4.69) is 11.4 Å². The molecule has 0 fully saturated rings. The van der Waals surface area contributed by atoms with Gasteiger partial charge in [-0.2, -0.15) is 0 Å². The van der Waals surface area contributed by atoms with Gasteiger partial charge in [-0.25, -0.2) is 14.4 Å². The maximum Gasteiger partial charge on any atom is 0.527 e. The smallest absolute Gasteiger partial charge is 0.369 e. The van der Waals surface area contributed by atoms with Gasteiger partial charge in [0, 0.05) is 0 Å². The molecule has 0 aliphatic rings. The number of rotatable bonds is 8. The third kappa shape index (κ3) is 5.77. The summed E-state index contributed by atoms with van der Waals surface area (Å²) in [6.07, 6.45) is 3.18. The lowest BCUT2D eigenvalue weighted by Crippen LogP contribution is -2.39. The first-order valence-corrected chi connectivity index (χ1v) is 8.52. The number of hydrogen-bond acceptors (Lipinski definition) is 5. The maximum absolute atomic E-state index is 11.7. The lowest BCUT2D eigenvalue weighted by atomic mass is 10.1. The zero-order valence-electron chi connectivity index (χ0n) is 12.9. The monoisotopic (exact) mass is 331 g/mol. The quantitative estimate of drug-likeness (QED) is 0.558. The molecule has 1 rings (SSSR count). The molecule has 0 saturated heterocycles. The van der Waals surface area contributed by atoms with Gasteiger partial charge in [-0.15, -0.1) is 0 Å². The highest BCUT2D eigenvalue weighted by atomic mass is 31.2. The van der Waals surface area contributed by atoms with E-state index < -0.39 is 19.8 Å². The van der Waals surface area contributed by atoms with Crippen LogP contribution < -0.4 is 5.06 Å². The van der Waals surface area contributed by atoms with E-state index in [4.69, 9.17) is 14.6 Å². The number of unbranched alkanes of at least 4 members (excludes halogenated alkanes) is 1. The fraction of sp³-hybridized carbons (Fsp3) is 0.500. The normalized spacial score (nSPS) is 12.8. The molecule has 0 amide bonds. The first kappa shape index (κ1) is 18.6. The largest absolute Gasteiger partial charge is 0.527 e. The molecule has 0 radical (unpaired) electrons. The van der Waals surface area contributed by atoms with Crippen LogP contribution in [0.25, 0.3) is 0 Å². The van der Waals surface area contributed by atoms with E-state index >= 15 is 0 Å². The molecular formula is C14H22NO6P. The molecule has 1 aromatic rings. The standard InChI is InChI=1S/C14H22NO6P/c1-4-5-6-12-7-9-13(10-8-12)15(20-3)11(2)14(16)21-22(17,18)19/h7-11H,4-6H2,1-3H3,(H2,17,18,19)/t11-/m0/s1. The van der Waals surface area contributed by atoms with Gasteiger partial charge in [-0.1, -0.05) is 25.5 Å². The molecule has 0 heterocycles. The van der Waals surface area contributed by atoms with Crippen molar-refractivity contribution in [3.05, 3.63) is 29.8 Å². The summed E-state index contributed by atoms with van der Waals surface area (Å²) in [6.45, 7) is 3.56. The first-order chi connectivity index (χ1) is 10.3. The van der Waals surface area contributed by atoms with Gasteiger partial charge in [0.1, 0.15) is 0 Å². The van der Waals surface area contributed by atoms with E-state index in [1.807, 2.05) is 12.1 Å². The van der Waals surface area contributed by atoms with E-state index in [9.17, 15) is 9.36 Å². The third-order valence-corrected chi connectivity index (χ3v) is 3.53. The van der Waals surface area contributed by atoms with Crippen LogP contribution in [0.15, 0.2) is 24.3 Å². The number of anilines is 1. The Balaban J connectivity index is 2.82. The van der Waals surface area contributed by atoms with Gasteiger partial charge < -0.3 is 4.52 Å². The van der Waals surface area contributed by atoms with Crippen LogP contribution in [-0.4, -0.2) is 28.9 Å². The number of hydroxylamine groups is 1. The minimum absolute atomic E-state index is 0.595. The Morgan fingerprint density at radius 3 is 2.36 bits per heavy atom. The lowest BCUT2D eigenvalue weighted by Gasteiger charge is -2.27. The summed E-state index contributed by atoms with van der Waals surface area (Å²) in [4.78, 5) is 34.2. The van der Waals surface area contributed by atoms with Crippen molar-refractivity contribution in [1.82, 2.24) is 0 Å². The summed E-state index contributed by atoms with van der Waals surface area (Å²) in [5.74, 6) is -1.06. The molecule has 0 aliphatic heterocycles. The van der Waals surface area contributed by atoms with Crippen molar-refractivity contribution in [1.29, 1.82) is 0 Å². The van der Waals surface area contributed by atoms with Crippen LogP contribution in [0.5, 0.6) is 0 Å². The summed E-state index contributed by atoms with van der Waals surface area (Å²) in [5.41, 5.74) is 1.77. The average molecular weight is 331 g/mol. The van der Waals surface area contributed by atoms with Gasteiger partial charge in [0.25, 0.3) is 0 Å². The highest BCUT2D eigenvalue weighted by Crippen LogP contribution is 2.36. The second-order valence-corrected chi connectivity index (χ2v) is 6.02. The molecule has 0 unspecified atom stereocenters. The predicted molar refractivity (Wildman–Crippen MR) is 82.1 cm³/mol. The van der Waals surface area contributed by atoms with E-state index in [0.29, 0.717) is 5.69 Å². The number of phosphoric acid groups is 1. The summed E-state index contributed by atoms with van der Waals surface area (Å²) in [6, 6.07) is 6.43. The number of nitrogens with zero attached hydrogens (tertiary/aromatic N) is 1. The van der Waals surface area contributed by atoms with Gasteiger partial charge in [0.15, 0.2) is 6.04 Å². The SMILES string of the molecule is CCCCc1ccc(N(OC)[C@@H](C)C(=O)OP(=O)(O)O)cc1. The number of carbonyl (C=O) groups excluding carboxylic acids is 1. The highest BCUT2D eigenvalue weighted by Gasteiger charge is 2.29. The van der Waals surface area contributed by atoms with Gasteiger partial charge in [0.2, 0.25) is 0 Å². The van der Waals surface area contributed by atoms with Crippen molar-refractivity contribution in [3.8, 4) is 0 Å². The molecule has 1 aromatic carbocycles. The summed E-state index contributed by atoms with van der Waals surface area (Å²) in [5, 5.41) is 1.24. The second kappa shape index (κ2) is 8.29. The minimum atomic E-state index is -4.87. The van der Waals surface area contributed by atoms with E-state index in [-0.39, 0.29) is 0 Å². The van der Waals surface area contributed by atoms with Crippen molar-refractivity contribution in [3.63, 3.8) is 0 Å². The van der Waals surface area contributed by atoms with Crippen LogP contribution in [0.1, 0.15) is 32.3 Å². The van der Waals surface area contributed by atoms with Crippen LogP contribution in [-0.2, 0) is 25.1 Å². The zero-order valence-corrected chi connectivity index (χ0v) is 13.8. The first-order valence-electron chi connectivity index (χ1n) is 6.99. The Bertz CT molecular complexity index is 527. The van der Waals surface area contributed by atoms with Crippen LogP contribution in [0.4, 0.5) is 5.69 Å². The number of phosphoric ester groups is 1. The highest BCUT2D eigenvalue weighted by molar-refractivity contribution is 7.46. The number of benzene rings is 1. The predicted octanol–water partition coefficient (Wildman–Crippen LogP) is 2.42. The molecule has 7 nitrogen and oxygen atoms in total. The van der Waals surface area contributed by atoms with Crippen molar-refractivity contribution in [2.24, 2.45) is 0 Å². The van der Waals surface area contributed by atoms with Crippen molar-refractivity contribution in [2.45, 2.75) is 39.2 Å². The van der Waals surface area contributed by atoms with Gasteiger partial charge in [-0.3, -0.25) is 14.6 Å². The molecule has 0 spiro atoms. The fourth-order valence-electron chi connectivity index (χ4n) is 1.97. The van der Waals surface area contributed by atoms with E-state index in [0.717, 1.165) is 19.3 Å². The van der Waals surface area contributed by atoms with Crippen LogP contribution >= 0.6 is 7.82 Å². The summed E-state index contributed by atoms with van der Waals surface area (Å²) >= 11 is 0. The van der Waals surface area contributed by atoms with Gasteiger partial charge in [0.05, 0.1) is 12.8 Å². The van der Waals surface area contributed by atoms with Crippen molar-refractivity contribution in [2.75, 3.05) is 12.2 Å². The summed E-state index contributed by atoms with van der Waals surface area (Å²) in [7, 11) is -3.50. The third-order valence-electron chi connectivity index (χ3n) is 3.11. The Hall–Kier alpha value is -1.40. The molecule has 0 aliphatic carbocycles. The molecule has 0 aromatic heterocycles. The van der Waals surface area contributed by atoms with Crippen molar-refractivity contribution < 1.29 is 28.5 Å². The number of hydrogen-bond donors (Lipinski definition) is 2. The second-order valence-electron chi connectivity index (χ2n) is 4.86. The number of aryl methyl sites for hydroxylation is 1. The fourth-order valence-corrected chi connectivity index (χ4v) is 2.35. The zero-order chi connectivity index (χ0) is 16.8. The summed E-state index contributed by atoms with van der Waals surface area (Å²) < 4.78 is 14.8. The van der Waals surface area contributed by atoms with Crippen molar-refractivity contribution >= 4 is 19.5 Å². The Kier molecular flexibility index (Phi) is 7.03. The molecule has 1 atom stereocenters. The average Bonchev–Trinajstić information content (AvgIpc) is 2.45. The molecule has 0 bridgehead atoms. The topological polar surface area (TPSA) is 96.3 Å². The lowest BCUT2D eigenvalue weighted by molar-refractivity contribution is -0.138. The molecule has 0 saturated carbocycles. The number of carbonyl (C=O) groups is 1. The molecule has 124 valence electrons.